The smallest absolute Gasteiger partial charge is 0.360 e. The van der Waals surface area contributed by atoms with Crippen molar-refractivity contribution in [2.45, 2.75) is 25.2 Å². The highest BCUT2D eigenvalue weighted by Crippen LogP contribution is 2.34. The first-order valence-electron chi connectivity index (χ1n) is 13.1. The second-order valence-electron chi connectivity index (χ2n) is 10.1. The molecule has 2 heterocycles. The maximum absolute atomic E-state index is 13.2. The molecule has 4 aromatic rings. The normalized spacial score (nSPS) is 19.1. The Morgan fingerprint density at radius 2 is 1.78 bits per heavy atom. The van der Waals surface area contributed by atoms with E-state index in [1.807, 2.05) is 36.2 Å². The van der Waals surface area contributed by atoms with Gasteiger partial charge in [-0.2, -0.15) is 0 Å². The predicted molar refractivity (Wildman–Crippen MR) is 154 cm³/mol. The van der Waals surface area contributed by atoms with Gasteiger partial charge in [-0.05, 0) is 68.1 Å². The zero-order chi connectivity index (χ0) is 29.3. The fourth-order valence-electron chi connectivity index (χ4n) is 5.02. The number of piperidine rings is 1. The molecule has 214 valence electrons. The number of carbonyl (C=O) groups excluding carboxylic acids is 1. The molecule has 3 aromatic carbocycles. The Bertz CT molecular complexity index is 1650. The largest absolute Gasteiger partial charge is 0.497 e. The fourth-order valence-corrected chi connectivity index (χ4v) is 5.02. The molecule has 5 rings (SSSR count). The number of nitrogens with one attached hydrogen (secondary N) is 1. The van der Waals surface area contributed by atoms with Crippen LogP contribution in [0.2, 0.25) is 0 Å². The van der Waals surface area contributed by atoms with E-state index in [4.69, 9.17) is 18.6 Å². The molecule has 3 N–H and O–H groups in total. The van der Waals surface area contributed by atoms with Crippen LogP contribution in [0.25, 0.3) is 22.1 Å². The molecule has 1 aliphatic heterocycles. The third-order valence-corrected chi connectivity index (χ3v) is 7.24. The first-order valence-corrected chi connectivity index (χ1v) is 13.1. The number of carbonyl (C=O) groups is 1. The maximum atomic E-state index is 13.2. The van der Waals surface area contributed by atoms with E-state index < -0.39 is 29.8 Å². The summed E-state index contributed by atoms with van der Waals surface area (Å²) >= 11 is 0. The Kier molecular flexibility index (Phi) is 7.98. The van der Waals surface area contributed by atoms with Crippen LogP contribution in [0, 0.1) is 6.92 Å². The van der Waals surface area contributed by atoms with Crippen LogP contribution in [0.5, 0.6) is 17.2 Å². The molecule has 1 amide bonds. The Hall–Kier alpha value is -4.38. The topological polar surface area (TPSA) is 131 Å². The summed E-state index contributed by atoms with van der Waals surface area (Å²) in [5.74, 6) is 1.17. The van der Waals surface area contributed by atoms with Crippen LogP contribution in [-0.4, -0.2) is 73.7 Å². The third kappa shape index (κ3) is 5.76. The molecule has 3 atom stereocenters. The lowest BCUT2D eigenvalue weighted by Crippen LogP contribution is -2.56. The highest BCUT2D eigenvalue weighted by Gasteiger charge is 2.35. The van der Waals surface area contributed by atoms with Crippen molar-refractivity contribution in [3.05, 3.63) is 82.2 Å². The van der Waals surface area contributed by atoms with Crippen molar-refractivity contribution in [2.75, 3.05) is 39.7 Å². The third-order valence-electron chi connectivity index (χ3n) is 7.24. The average Bonchev–Trinajstić information content (AvgIpc) is 2.97. The highest BCUT2D eigenvalue weighted by molar-refractivity contribution is 6.05. The molecule has 1 unspecified atom stereocenters. The van der Waals surface area contributed by atoms with Crippen molar-refractivity contribution in [1.82, 2.24) is 4.90 Å². The minimum atomic E-state index is -1.05. The number of aryl methyl sites for hydroxylation is 1. The summed E-state index contributed by atoms with van der Waals surface area (Å²) in [6, 6.07) is 17.4. The molecule has 0 saturated carbocycles. The summed E-state index contributed by atoms with van der Waals surface area (Å²) in [6.07, 6.45) is -2.63. The number of hydrogen-bond acceptors (Lipinski definition) is 9. The lowest BCUT2D eigenvalue weighted by atomic mass is 10.0. The standard InChI is InChI=1S/C31H32N2O8/c1-17-25(40-27-16-33(2)15-24(34)28(27)35)10-8-19-14-23(31(37)41-29(17)19)32-30(36)20-9-11-26(39-4)22(13-20)18-6-5-7-21(12-18)38-3/h5-14,24,27-28,34-35H,15-16H2,1-4H3,(H,32,36)/t24-,27?,28-/m1/s1. The van der Waals surface area contributed by atoms with Gasteiger partial charge >= 0.3 is 5.63 Å². The van der Waals surface area contributed by atoms with Gasteiger partial charge in [-0.15, -0.1) is 0 Å². The van der Waals surface area contributed by atoms with E-state index in [0.29, 0.717) is 58.0 Å². The van der Waals surface area contributed by atoms with E-state index in [-0.39, 0.29) is 5.69 Å². The molecule has 10 heteroatoms. The molecule has 1 aliphatic rings. The quantitative estimate of drug-likeness (QED) is 0.291. The summed E-state index contributed by atoms with van der Waals surface area (Å²) < 4.78 is 22.5. The number of aliphatic hydroxyl groups excluding tert-OH is 2. The number of fused-ring (bicyclic) bond motifs is 1. The second kappa shape index (κ2) is 11.6. The summed E-state index contributed by atoms with van der Waals surface area (Å²) in [5.41, 5.74) is 1.94. The van der Waals surface area contributed by atoms with Crippen LogP contribution in [0.4, 0.5) is 5.69 Å². The SMILES string of the molecule is COc1cccc(-c2cc(C(=O)Nc3cc4ccc(OC5CN(C)C[C@@H](O)[C@H]5O)c(C)c4oc3=O)ccc2OC)c1. The molecule has 1 aromatic heterocycles. The van der Waals surface area contributed by atoms with Gasteiger partial charge in [0.25, 0.3) is 5.91 Å². The van der Waals surface area contributed by atoms with Gasteiger partial charge < -0.3 is 34.2 Å². The molecule has 0 spiro atoms. The zero-order valence-electron chi connectivity index (χ0n) is 23.2. The number of anilines is 1. The van der Waals surface area contributed by atoms with Crippen molar-refractivity contribution >= 4 is 22.6 Å². The van der Waals surface area contributed by atoms with Crippen LogP contribution in [-0.2, 0) is 0 Å². The first-order chi connectivity index (χ1) is 19.7. The lowest BCUT2D eigenvalue weighted by Gasteiger charge is -2.37. The number of benzene rings is 3. The number of β-amino-alcohol motifs (C(OH)–C–C–N with tert-alkyl or cyclic N) is 1. The number of rotatable bonds is 7. The number of ether oxygens (including phenoxy) is 3. The van der Waals surface area contributed by atoms with E-state index in [9.17, 15) is 19.8 Å². The van der Waals surface area contributed by atoms with E-state index in [2.05, 4.69) is 5.32 Å². The summed E-state index contributed by atoms with van der Waals surface area (Å²) in [6.45, 7) is 2.52. The summed E-state index contributed by atoms with van der Waals surface area (Å²) in [4.78, 5) is 28.0. The summed E-state index contributed by atoms with van der Waals surface area (Å²) in [7, 11) is 4.96. The van der Waals surface area contributed by atoms with Crippen LogP contribution in [0.15, 0.2) is 69.9 Å². The highest BCUT2D eigenvalue weighted by atomic mass is 16.5. The number of amides is 1. The maximum Gasteiger partial charge on any atom is 0.360 e. The lowest BCUT2D eigenvalue weighted by molar-refractivity contribution is -0.0951. The molecule has 1 saturated heterocycles. The van der Waals surface area contributed by atoms with Gasteiger partial charge in [0.05, 0.1) is 20.3 Å². The number of nitrogens with zero attached hydrogens (tertiary/aromatic N) is 1. The van der Waals surface area contributed by atoms with Crippen molar-refractivity contribution in [3.63, 3.8) is 0 Å². The molecule has 0 bridgehead atoms. The Balaban J connectivity index is 1.41. The van der Waals surface area contributed by atoms with Crippen LogP contribution >= 0.6 is 0 Å². The Morgan fingerprint density at radius 3 is 2.54 bits per heavy atom. The molecule has 10 nitrogen and oxygen atoms in total. The van der Waals surface area contributed by atoms with E-state index >= 15 is 0 Å². The summed E-state index contributed by atoms with van der Waals surface area (Å²) in [5, 5.41) is 23.7. The van der Waals surface area contributed by atoms with Gasteiger partial charge in [-0.1, -0.05) is 12.1 Å². The number of likely N-dealkylation sites (N-methyl/N-ethyl adjacent to an activating group) is 1. The zero-order valence-corrected chi connectivity index (χ0v) is 23.2. The van der Waals surface area contributed by atoms with E-state index in [0.717, 1.165) is 5.56 Å². The molecular weight excluding hydrogens is 528 g/mol. The first kappa shape index (κ1) is 28.2. The minimum Gasteiger partial charge on any atom is -0.497 e. The van der Waals surface area contributed by atoms with Crippen molar-refractivity contribution in [2.24, 2.45) is 0 Å². The van der Waals surface area contributed by atoms with Gasteiger partial charge in [-0.25, -0.2) is 4.79 Å². The number of likely N-dealkylation sites (tertiary alicyclic amines) is 1. The van der Waals surface area contributed by atoms with E-state index in [1.54, 1.807) is 57.5 Å². The molecule has 1 fully saturated rings. The Labute approximate surface area is 236 Å². The number of methoxy groups -OCH3 is 2. The van der Waals surface area contributed by atoms with Crippen molar-refractivity contribution < 1.29 is 33.6 Å². The number of aliphatic hydroxyl groups is 2. The monoisotopic (exact) mass is 560 g/mol. The van der Waals surface area contributed by atoms with Crippen molar-refractivity contribution in [1.29, 1.82) is 0 Å². The minimum absolute atomic E-state index is 0.0123. The van der Waals surface area contributed by atoms with Crippen LogP contribution in [0.1, 0.15) is 15.9 Å². The van der Waals surface area contributed by atoms with Gasteiger partial charge in [0.1, 0.15) is 40.7 Å². The van der Waals surface area contributed by atoms with Crippen molar-refractivity contribution in [3.8, 4) is 28.4 Å². The van der Waals surface area contributed by atoms with Gasteiger partial charge in [0, 0.05) is 35.2 Å². The van der Waals surface area contributed by atoms with Gasteiger partial charge in [0.2, 0.25) is 0 Å². The second-order valence-corrected chi connectivity index (χ2v) is 10.1. The van der Waals surface area contributed by atoms with Gasteiger partial charge in [-0.3, -0.25) is 9.69 Å². The fraction of sp³-hybridized carbons (Fsp3) is 0.290. The van der Waals surface area contributed by atoms with Crippen LogP contribution in [0.3, 0.4) is 0 Å². The van der Waals surface area contributed by atoms with Gasteiger partial charge in [0.15, 0.2) is 0 Å². The predicted octanol–water partition coefficient (Wildman–Crippen LogP) is 3.45. The number of hydrogen-bond donors (Lipinski definition) is 3. The van der Waals surface area contributed by atoms with Crippen LogP contribution < -0.4 is 25.2 Å². The molecule has 0 aliphatic carbocycles. The molecule has 0 radical (unpaired) electrons. The average molecular weight is 561 g/mol. The molecule has 41 heavy (non-hydrogen) atoms. The Morgan fingerprint density at radius 1 is 1.00 bits per heavy atom. The molecular formula is C31H32N2O8. The van der Waals surface area contributed by atoms with E-state index in [1.165, 1.54) is 0 Å².